The van der Waals surface area contributed by atoms with Crippen LogP contribution in [0.1, 0.15) is 61.7 Å². The van der Waals surface area contributed by atoms with E-state index in [2.05, 4.69) is 21.2 Å². The van der Waals surface area contributed by atoms with Gasteiger partial charge in [0.1, 0.15) is 6.04 Å². The predicted molar refractivity (Wildman–Crippen MR) is 102 cm³/mol. The molecule has 1 aliphatic carbocycles. The number of likely N-dealkylation sites (tertiary alicyclic amines) is 1. The first-order valence-electron chi connectivity index (χ1n) is 10.2. The molecule has 7 heteroatoms. The van der Waals surface area contributed by atoms with E-state index in [4.69, 9.17) is 0 Å². The van der Waals surface area contributed by atoms with E-state index in [-0.39, 0.29) is 29.9 Å². The summed E-state index contributed by atoms with van der Waals surface area (Å²) in [5.41, 5.74) is 7.09. The lowest BCUT2D eigenvalue weighted by Gasteiger charge is -2.39. The normalized spacial score (nSPS) is 29.0. The molecule has 0 aromatic carbocycles. The Bertz CT molecular complexity index is 662. The second-order valence-corrected chi connectivity index (χ2v) is 7.98. The van der Waals surface area contributed by atoms with Gasteiger partial charge >= 0.3 is 0 Å². The zero-order chi connectivity index (χ0) is 18.6. The molecule has 3 unspecified atom stereocenters. The van der Waals surface area contributed by atoms with Crippen molar-refractivity contribution in [3.63, 3.8) is 0 Å². The van der Waals surface area contributed by atoms with Crippen LogP contribution < -0.4 is 16.2 Å². The molecule has 2 saturated heterocycles. The molecular formula is C20H29N5O2. The molecule has 3 heterocycles. The van der Waals surface area contributed by atoms with Gasteiger partial charge in [-0.3, -0.25) is 20.0 Å². The summed E-state index contributed by atoms with van der Waals surface area (Å²) in [6, 6.07) is 3.91. The Hall–Kier alpha value is -1.99. The highest BCUT2D eigenvalue weighted by Gasteiger charge is 2.39. The maximum absolute atomic E-state index is 13.0. The molecule has 27 heavy (non-hydrogen) atoms. The van der Waals surface area contributed by atoms with Crippen molar-refractivity contribution in [2.75, 3.05) is 6.54 Å². The zero-order valence-corrected chi connectivity index (χ0v) is 15.7. The first-order valence-corrected chi connectivity index (χ1v) is 10.2. The molecule has 1 aromatic heterocycles. The number of carbonyl (C=O) groups excluding carboxylic acids is 2. The summed E-state index contributed by atoms with van der Waals surface area (Å²) in [7, 11) is 0. The van der Waals surface area contributed by atoms with Crippen molar-refractivity contribution < 1.29 is 9.59 Å². The van der Waals surface area contributed by atoms with Gasteiger partial charge in [-0.25, -0.2) is 5.43 Å². The summed E-state index contributed by atoms with van der Waals surface area (Å²) in [6.45, 7) is 0.759. The number of rotatable bonds is 4. The average molecular weight is 371 g/mol. The Balaban J connectivity index is 1.39. The molecule has 3 fully saturated rings. The van der Waals surface area contributed by atoms with Crippen LogP contribution >= 0.6 is 0 Å². The number of amides is 2. The topological polar surface area (TPSA) is 86.4 Å². The maximum atomic E-state index is 13.0. The van der Waals surface area contributed by atoms with E-state index in [0.29, 0.717) is 18.0 Å². The van der Waals surface area contributed by atoms with Gasteiger partial charge in [-0.2, -0.15) is 0 Å². The Kier molecular flexibility index (Phi) is 5.69. The minimum Gasteiger partial charge on any atom is -0.352 e. The van der Waals surface area contributed by atoms with Gasteiger partial charge in [0.25, 0.3) is 5.91 Å². The first kappa shape index (κ1) is 18.4. The van der Waals surface area contributed by atoms with Crippen LogP contribution in [0.5, 0.6) is 0 Å². The summed E-state index contributed by atoms with van der Waals surface area (Å²) >= 11 is 0. The third kappa shape index (κ3) is 4.14. The van der Waals surface area contributed by atoms with Crippen molar-refractivity contribution in [2.45, 2.75) is 75.5 Å². The monoisotopic (exact) mass is 371 g/mol. The van der Waals surface area contributed by atoms with Gasteiger partial charge in [0, 0.05) is 37.1 Å². The van der Waals surface area contributed by atoms with E-state index in [0.717, 1.165) is 38.6 Å². The van der Waals surface area contributed by atoms with Crippen LogP contribution in [0.15, 0.2) is 24.5 Å². The van der Waals surface area contributed by atoms with Crippen molar-refractivity contribution in [1.29, 1.82) is 0 Å². The van der Waals surface area contributed by atoms with Crippen LogP contribution in [-0.2, 0) is 4.79 Å². The molecule has 146 valence electrons. The molecule has 0 spiro atoms. The van der Waals surface area contributed by atoms with Crippen molar-refractivity contribution in [1.82, 2.24) is 26.1 Å². The number of hydrogen-bond acceptors (Lipinski definition) is 5. The number of nitrogens with zero attached hydrogens (tertiary/aromatic N) is 2. The molecule has 0 radical (unpaired) electrons. The minimum atomic E-state index is -0.229. The van der Waals surface area contributed by atoms with E-state index in [1.54, 1.807) is 18.5 Å². The third-order valence-electron chi connectivity index (χ3n) is 6.13. The highest BCUT2D eigenvalue weighted by atomic mass is 16.2. The lowest BCUT2D eigenvalue weighted by Crippen LogP contribution is -2.53. The SMILES string of the molecule is O=C(NC1CCCC1)C1CC(C2CCCCN2C(=O)c2cccnc2)NN1. The smallest absolute Gasteiger partial charge is 0.255 e. The lowest BCUT2D eigenvalue weighted by atomic mass is 9.92. The summed E-state index contributed by atoms with van der Waals surface area (Å²) in [6.07, 6.45) is 11.7. The quantitative estimate of drug-likeness (QED) is 0.744. The Morgan fingerprint density at radius 2 is 1.93 bits per heavy atom. The number of nitrogens with one attached hydrogen (secondary N) is 3. The molecule has 4 rings (SSSR count). The number of pyridine rings is 1. The summed E-state index contributed by atoms with van der Waals surface area (Å²) in [5, 5.41) is 3.17. The molecule has 3 N–H and O–H groups in total. The van der Waals surface area contributed by atoms with Crippen LogP contribution in [0.3, 0.4) is 0 Å². The zero-order valence-electron chi connectivity index (χ0n) is 15.7. The van der Waals surface area contributed by atoms with Crippen molar-refractivity contribution in [3.8, 4) is 0 Å². The molecule has 1 aromatic rings. The lowest BCUT2D eigenvalue weighted by molar-refractivity contribution is -0.123. The van der Waals surface area contributed by atoms with E-state index in [9.17, 15) is 9.59 Å². The van der Waals surface area contributed by atoms with Gasteiger partial charge in [-0.1, -0.05) is 12.8 Å². The molecule has 3 atom stereocenters. The van der Waals surface area contributed by atoms with Crippen LogP contribution in [0, 0.1) is 0 Å². The highest BCUT2D eigenvalue weighted by molar-refractivity contribution is 5.94. The predicted octanol–water partition coefficient (Wildman–Crippen LogP) is 1.37. The van der Waals surface area contributed by atoms with Crippen LogP contribution in [-0.4, -0.2) is 52.4 Å². The van der Waals surface area contributed by atoms with E-state index >= 15 is 0 Å². The average Bonchev–Trinajstić information content (AvgIpc) is 3.40. The summed E-state index contributed by atoms with van der Waals surface area (Å²) < 4.78 is 0. The largest absolute Gasteiger partial charge is 0.352 e. The summed E-state index contributed by atoms with van der Waals surface area (Å²) in [5.74, 6) is 0.117. The standard InChI is InChI=1S/C20H29N5O2/c26-19(22-15-7-1-2-8-15)17-12-16(23-24-17)18-9-3-4-11-25(18)20(27)14-6-5-10-21-13-14/h5-6,10,13,15-18,23-24H,1-4,7-9,11-12H2,(H,22,26). The Morgan fingerprint density at radius 3 is 2.70 bits per heavy atom. The van der Waals surface area contributed by atoms with E-state index in [1.165, 1.54) is 12.8 Å². The van der Waals surface area contributed by atoms with Crippen molar-refractivity contribution in [3.05, 3.63) is 30.1 Å². The third-order valence-corrected chi connectivity index (χ3v) is 6.13. The number of carbonyl (C=O) groups is 2. The van der Waals surface area contributed by atoms with Gasteiger partial charge < -0.3 is 10.2 Å². The molecular weight excluding hydrogens is 342 g/mol. The fraction of sp³-hybridized carbons (Fsp3) is 0.650. The number of hydrazine groups is 1. The second-order valence-electron chi connectivity index (χ2n) is 7.98. The maximum Gasteiger partial charge on any atom is 0.255 e. The van der Waals surface area contributed by atoms with Gasteiger partial charge in [-0.05, 0) is 50.7 Å². The number of aromatic nitrogens is 1. The van der Waals surface area contributed by atoms with Crippen LogP contribution in [0.2, 0.25) is 0 Å². The number of hydrogen-bond donors (Lipinski definition) is 3. The molecule has 1 saturated carbocycles. The molecule has 2 amide bonds. The van der Waals surface area contributed by atoms with Crippen molar-refractivity contribution in [2.24, 2.45) is 0 Å². The Morgan fingerprint density at radius 1 is 1.11 bits per heavy atom. The fourth-order valence-corrected chi connectivity index (χ4v) is 4.66. The highest BCUT2D eigenvalue weighted by Crippen LogP contribution is 2.26. The number of piperidine rings is 1. The van der Waals surface area contributed by atoms with Crippen molar-refractivity contribution >= 4 is 11.8 Å². The van der Waals surface area contributed by atoms with Gasteiger partial charge in [0.2, 0.25) is 5.91 Å². The second kappa shape index (κ2) is 8.35. The molecule has 0 bridgehead atoms. The van der Waals surface area contributed by atoms with Gasteiger partial charge in [0.15, 0.2) is 0 Å². The van der Waals surface area contributed by atoms with E-state index < -0.39 is 0 Å². The van der Waals surface area contributed by atoms with Crippen LogP contribution in [0.25, 0.3) is 0 Å². The van der Waals surface area contributed by atoms with Gasteiger partial charge in [0.05, 0.1) is 5.56 Å². The van der Waals surface area contributed by atoms with E-state index in [1.807, 2.05) is 11.0 Å². The molecule has 7 nitrogen and oxygen atoms in total. The first-order chi connectivity index (χ1) is 13.2. The van der Waals surface area contributed by atoms with Crippen LogP contribution in [0.4, 0.5) is 0 Å². The molecule has 2 aliphatic heterocycles. The Labute approximate surface area is 160 Å². The fourth-order valence-electron chi connectivity index (χ4n) is 4.66. The minimum absolute atomic E-state index is 0.0356. The molecule has 3 aliphatic rings. The van der Waals surface area contributed by atoms with Gasteiger partial charge in [-0.15, -0.1) is 0 Å². The summed E-state index contributed by atoms with van der Waals surface area (Å²) in [4.78, 5) is 31.6.